The van der Waals surface area contributed by atoms with Crippen LogP contribution in [-0.2, 0) is 0 Å². The first-order valence-corrected chi connectivity index (χ1v) is 7.65. The maximum atomic E-state index is 12.4. The summed E-state index contributed by atoms with van der Waals surface area (Å²) >= 11 is 3.46. The molecule has 1 heterocycles. The molecule has 5 heteroatoms. The van der Waals surface area contributed by atoms with Crippen LogP contribution in [0.25, 0.3) is 0 Å². The molecule has 1 unspecified atom stereocenters. The highest BCUT2D eigenvalue weighted by atomic mass is 79.9. The molecule has 0 bridgehead atoms. The van der Waals surface area contributed by atoms with Crippen molar-refractivity contribution >= 4 is 27.6 Å². The number of likely N-dealkylation sites (tertiary alicyclic amines) is 1. The third kappa shape index (κ3) is 3.15. The predicted octanol–water partition coefficient (Wildman–Crippen LogP) is 3.52. The zero-order valence-corrected chi connectivity index (χ0v) is 13.7. The third-order valence-electron chi connectivity index (χ3n) is 3.84. The minimum absolute atomic E-state index is 0.130. The molecule has 1 fully saturated rings. The molecular weight excluding hydrogens is 320 g/mol. The minimum atomic E-state index is -0.875. The summed E-state index contributed by atoms with van der Waals surface area (Å²) in [6.45, 7) is 6.16. The number of amides is 2. The molecule has 1 aromatic carbocycles. The van der Waals surface area contributed by atoms with Crippen molar-refractivity contribution in [1.29, 1.82) is 0 Å². The second-order valence-electron chi connectivity index (χ2n) is 5.85. The van der Waals surface area contributed by atoms with Gasteiger partial charge < -0.3 is 15.3 Å². The van der Waals surface area contributed by atoms with E-state index >= 15 is 0 Å². The fraction of sp³-hybridized carbons (Fsp3) is 0.533. The van der Waals surface area contributed by atoms with Crippen molar-refractivity contribution in [2.45, 2.75) is 45.3 Å². The molecule has 0 saturated carbocycles. The summed E-state index contributed by atoms with van der Waals surface area (Å²) in [4.78, 5) is 14.2. The van der Waals surface area contributed by atoms with Crippen LogP contribution in [0.2, 0.25) is 0 Å². The van der Waals surface area contributed by atoms with Crippen LogP contribution in [0.5, 0.6) is 0 Å². The Bertz CT molecular complexity index is 511. The van der Waals surface area contributed by atoms with Crippen LogP contribution >= 0.6 is 15.9 Å². The molecule has 4 nitrogen and oxygen atoms in total. The van der Waals surface area contributed by atoms with Gasteiger partial charge in [-0.3, -0.25) is 0 Å². The third-order valence-corrected chi connectivity index (χ3v) is 4.70. The molecule has 1 saturated heterocycles. The van der Waals surface area contributed by atoms with Crippen molar-refractivity contribution < 1.29 is 9.90 Å². The summed E-state index contributed by atoms with van der Waals surface area (Å²) in [5.74, 6) is 0. The SMILES string of the molecule is Cc1c(Br)cccc1NC(=O)N1CCCC1C(C)(C)O. The number of carbonyl (C=O) groups is 1. The lowest BCUT2D eigenvalue weighted by atomic mass is 9.97. The molecule has 0 aromatic heterocycles. The van der Waals surface area contributed by atoms with Crippen LogP contribution in [0.1, 0.15) is 32.3 Å². The summed E-state index contributed by atoms with van der Waals surface area (Å²) in [5.41, 5.74) is 0.922. The number of halogens is 1. The quantitative estimate of drug-likeness (QED) is 0.865. The van der Waals surface area contributed by atoms with E-state index in [1.54, 1.807) is 18.7 Å². The average molecular weight is 341 g/mol. The first-order chi connectivity index (χ1) is 9.30. The Morgan fingerprint density at radius 2 is 2.20 bits per heavy atom. The van der Waals surface area contributed by atoms with E-state index in [9.17, 15) is 9.90 Å². The van der Waals surface area contributed by atoms with Gasteiger partial charge in [-0.15, -0.1) is 0 Å². The van der Waals surface area contributed by atoms with E-state index in [4.69, 9.17) is 0 Å². The van der Waals surface area contributed by atoms with Gasteiger partial charge in [0.15, 0.2) is 0 Å². The number of anilines is 1. The molecule has 1 atom stereocenters. The van der Waals surface area contributed by atoms with Gasteiger partial charge in [0.05, 0.1) is 11.6 Å². The van der Waals surface area contributed by atoms with E-state index < -0.39 is 5.60 Å². The number of hydrogen-bond acceptors (Lipinski definition) is 2. The molecular formula is C15H21BrN2O2. The molecule has 110 valence electrons. The summed E-state index contributed by atoms with van der Waals surface area (Å²) < 4.78 is 0.968. The van der Waals surface area contributed by atoms with Crippen LogP contribution in [-0.4, -0.2) is 34.2 Å². The number of hydrogen-bond donors (Lipinski definition) is 2. The number of nitrogens with zero attached hydrogens (tertiary/aromatic N) is 1. The van der Waals surface area contributed by atoms with E-state index in [2.05, 4.69) is 21.2 Å². The monoisotopic (exact) mass is 340 g/mol. The van der Waals surface area contributed by atoms with E-state index in [-0.39, 0.29) is 12.1 Å². The molecule has 2 rings (SSSR count). The van der Waals surface area contributed by atoms with Crippen molar-refractivity contribution in [2.75, 3.05) is 11.9 Å². The van der Waals surface area contributed by atoms with Gasteiger partial charge in [-0.2, -0.15) is 0 Å². The summed E-state index contributed by atoms with van der Waals surface area (Å²) in [7, 11) is 0. The molecule has 1 aliphatic rings. The van der Waals surface area contributed by atoms with Gasteiger partial charge >= 0.3 is 6.03 Å². The average Bonchev–Trinajstić information content (AvgIpc) is 2.84. The number of benzene rings is 1. The molecule has 2 N–H and O–H groups in total. The topological polar surface area (TPSA) is 52.6 Å². The second-order valence-corrected chi connectivity index (χ2v) is 6.70. The zero-order valence-electron chi connectivity index (χ0n) is 12.1. The predicted molar refractivity (Wildman–Crippen MR) is 83.9 cm³/mol. The van der Waals surface area contributed by atoms with Gasteiger partial charge in [-0.05, 0) is 51.3 Å². The number of rotatable bonds is 2. The lowest BCUT2D eigenvalue weighted by Gasteiger charge is -2.33. The minimum Gasteiger partial charge on any atom is -0.388 e. The second kappa shape index (κ2) is 5.74. The molecule has 0 radical (unpaired) electrons. The first-order valence-electron chi connectivity index (χ1n) is 6.86. The first kappa shape index (κ1) is 15.3. The Morgan fingerprint density at radius 1 is 1.50 bits per heavy atom. The van der Waals surface area contributed by atoms with Gasteiger partial charge in [-0.1, -0.05) is 22.0 Å². The van der Waals surface area contributed by atoms with E-state index in [1.807, 2.05) is 25.1 Å². The number of aliphatic hydroxyl groups is 1. The fourth-order valence-corrected chi connectivity index (χ4v) is 3.04. The van der Waals surface area contributed by atoms with Gasteiger partial charge in [0, 0.05) is 16.7 Å². The Hall–Kier alpha value is -1.07. The summed E-state index contributed by atoms with van der Waals surface area (Å²) in [5, 5.41) is 13.1. The fourth-order valence-electron chi connectivity index (χ4n) is 2.67. The number of carbonyl (C=O) groups excluding carboxylic acids is 1. The van der Waals surface area contributed by atoms with Crippen molar-refractivity contribution in [3.8, 4) is 0 Å². The molecule has 0 spiro atoms. The Balaban J connectivity index is 2.14. The van der Waals surface area contributed by atoms with Crippen LogP contribution < -0.4 is 5.32 Å². The van der Waals surface area contributed by atoms with E-state index in [0.717, 1.165) is 28.6 Å². The summed E-state index contributed by atoms with van der Waals surface area (Å²) in [6, 6.07) is 5.45. The van der Waals surface area contributed by atoms with E-state index in [0.29, 0.717) is 6.54 Å². The highest BCUT2D eigenvalue weighted by Crippen LogP contribution is 2.29. The van der Waals surface area contributed by atoms with Crippen molar-refractivity contribution in [3.05, 3.63) is 28.2 Å². The van der Waals surface area contributed by atoms with Crippen molar-refractivity contribution in [1.82, 2.24) is 4.90 Å². The molecule has 1 aromatic rings. The highest BCUT2D eigenvalue weighted by Gasteiger charge is 2.38. The Morgan fingerprint density at radius 3 is 2.85 bits per heavy atom. The van der Waals surface area contributed by atoms with Gasteiger partial charge in [0.2, 0.25) is 0 Å². The lowest BCUT2D eigenvalue weighted by Crippen LogP contribution is -2.49. The maximum Gasteiger partial charge on any atom is 0.322 e. The normalized spacial score (nSPS) is 19.2. The van der Waals surface area contributed by atoms with Crippen LogP contribution in [0.3, 0.4) is 0 Å². The molecule has 20 heavy (non-hydrogen) atoms. The molecule has 0 aliphatic carbocycles. The largest absolute Gasteiger partial charge is 0.388 e. The van der Waals surface area contributed by atoms with Crippen molar-refractivity contribution in [2.24, 2.45) is 0 Å². The van der Waals surface area contributed by atoms with E-state index in [1.165, 1.54) is 0 Å². The lowest BCUT2D eigenvalue weighted by molar-refractivity contribution is 0.0117. The molecule has 2 amide bonds. The smallest absolute Gasteiger partial charge is 0.322 e. The number of urea groups is 1. The Labute approximate surface area is 128 Å². The van der Waals surface area contributed by atoms with Crippen molar-refractivity contribution in [3.63, 3.8) is 0 Å². The maximum absolute atomic E-state index is 12.4. The zero-order chi connectivity index (χ0) is 14.9. The standard InChI is InChI=1S/C15H21BrN2O2/c1-10-11(16)6-4-7-12(10)17-14(19)18-9-5-8-13(18)15(2,3)20/h4,6-7,13,20H,5,8-9H2,1-3H3,(H,17,19). The van der Waals surface area contributed by atoms with Gasteiger partial charge in [0.1, 0.15) is 0 Å². The van der Waals surface area contributed by atoms with Gasteiger partial charge in [0.25, 0.3) is 0 Å². The summed E-state index contributed by atoms with van der Waals surface area (Å²) in [6.07, 6.45) is 1.77. The van der Waals surface area contributed by atoms with Crippen LogP contribution in [0, 0.1) is 6.92 Å². The highest BCUT2D eigenvalue weighted by molar-refractivity contribution is 9.10. The number of nitrogens with one attached hydrogen (secondary N) is 1. The molecule has 1 aliphatic heterocycles. The van der Waals surface area contributed by atoms with Crippen LogP contribution in [0.4, 0.5) is 10.5 Å². The van der Waals surface area contributed by atoms with Gasteiger partial charge in [-0.25, -0.2) is 4.79 Å². The van der Waals surface area contributed by atoms with Crippen LogP contribution in [0.15, 0.2) is 22.7 Å². The Kier molecular flexibility index (Phi) is 4.39.